The van der Waals surface area contributed by atoms with Crippen LogP contribution in [0.3, 0.4) is 0 Å². The monoisotopic (exact) mass is 384 g/mol. The van der Waals surface area contributed by atoms with Gasteiger partial charge < -0.3 is 15.0 Å². The highest BCUT2D eigenvalue weighted by atomic mass is 16.5. The summed E-state index contributed by atoms with van der Waals surface area (Å²) in [5, 5.41) is 2.74. The second kappa shape index (κ2) is 9.12. The number of ether oxygens (including phenoxy) is 1. The normalized spacial score (nSPS) is 10.4. The third kappa shape index (κ3) is 4.94. The number of amides is 1. The zero-order chi connectivity index (χ0) is 20.8. The molecule has 0 atom stereocenters. The predicted octanol–water partition coefficient (Wildman–Crippen LogP) is 3.61. The van der Waals surface area contributed by atoms with Gasteiger partial charge in [0.1, 0.15) is 5.69 Å². The molecule has 1 amide bonds. The van der Waals surface area contributed by atoms with Gasteiger partial charge in [-0.25, -0.2) is 4.79 Å². The quantitative estimate of drug-likeness (QED) is 0.534. The number of ketones is 2. The predicted molar refractivity (Wildman–Crippen MR) is 105 cm³/mol. The summed E-state index contributed by atoms with van der Waals surface area (Å²) in [4.78, 5) is 50.6. The number of H-pyrrole nitrogens is 1. The number of carbonyl (C=O) groups is 4. The van der Waals surface area contributed by atoms with Crippen molar-refractivity contribution in [3.63, 3.8) is 0 Å². The molecule has 1 aromatic carbocycles. The van der Waals surface area contributed by atoms with E-state index in [4.69, 9.17) is 4.74 Å². The van der Waals surface area contributed by atoms with E-state index in [2.05, 4.69) is 10.3 Å². The van der Waals surface area contributed by atoms with Crippen molar-refractivity contribution in [1.82, 2.24) is 4.98 Å². The molecule has 0 aliphatic carbocycles. The van der Waals surface area contributed by atoms with Crippen molar-refractivity contribution in [2.24, 2.45) is 0 Å². The summed E-state index contributed by atoms with van der Waals surface area (Å²) < 4.78 is 5.10. The van der Waals surface area contributed by atoms with Gasteiger partial charge in [-0.15, -0.1) is 0 Å². The lowest BCUT2D eigenvalue weighted by atomic mass is 10.1. The van der Waals surface area contributed by atoms with Crippen LogP contribution >= 0.6 is 0 Å². The summed E-state index contributed by atoms with van der Waals surface area (Å²) in [6, 6.07) is 6.38. The van der Waals surface area contributed by atoms with Crippen LogP contribution in [0.25, 0.3) is 0 Å². The highest BCUT2D eigenvalue weighted by Crippen LogP contribution is 2.19. The zero-order valence-corrected chi connectivity index (χ0v) is 16.5. The minimum absolute atomic E-state index is 0.0861. The van der Waals surface area contributed by atoms with Gasteiger partial charge >= 0.3 is 5.97 Å². The Morgan fingerprint density at radius 3 is 2.25 bits per heavy atom. The number of anilines is 1. The van der Waals surface area contributed by atoms with Crippen molar-refractivity contribution >= 4 is 29.1 Å². The summed E-state index contributed by atoms with van der Waals surface area (Å²) in [5.74, 6) is -1.29. The van der Waals surface area contributed by atoms with Crippen molar-refractivity contribution in [2.45, 2.75) is 40.5 Å². The maximum atomic E-state index is 12.3. The van der Waals surface area contributed by atoms with Gasteiger partial charge in [0.25, 0.3) is 0 Å². The number of aromatic nitrogens is 1. The fourth-order valence-electron chi connectivity index (χ4n) is 2.96. The first-order valence-corrected chi connectivity index (χ1v) is 9.04. The van der Waals surface area contributed by atoms with Crippen LogP contribution < -0.4 is 5.32 Å². The van der Waals surface area contributed by atoms with E-state index in [9.17, 15) is 19.2 Å². The van der Waals surface area contributed by atoms with Crippen LogP contribution in [-0.2, 0) is 9.53 Å². The van der Waals surface area contributed by atoms with Gasteiger partial charge in [-0.2, -0.15) is 0 Å². The summed E-state index contributed by atoms with van der Waals surface area (Å²) in [6.45, 7) is 6.28. The summed E-state index contributed by atoms with van der Waals surface area (Å²) >= 11 is 0. The van der Waals surface area contributed by atoms with E-state index in [0.717, 1.165) is 6.42 Å². The first kappa shape index (κ1) is 21.1. The molecule has 148 valence electrons. The largest absolute Gasteiger partial charge is 0.453 e. The number of rotatable bonds is 8. The molecule has 2 aromatic rings. The minimum atomic E-state index is -0.690. The molecule has 2 rings (SSSR count). The van der Waals surface area contributed by atoms with Crippen molar-refractivity contribution in [3.8, 4) is 0 Å². The lowest BCUT2D eigenvalue weighted by Gasteiger charge is -2.07. The second-order valence-corrected chi connectivity index (χ2v) is 6.56. The Bertz CT molecular complexity index is 910. The molecule has 0 radical (unpaired) electrons. The number of Topliss-reactive ketones (excluding diaryl/α,β-unsaturated/α-hetero) is 2. The van der Waals surface area contributed by atoms with Gasteiger partial charge in [-0.05, 0) is 57.0 Å². The highest BCUT2D eigenvalue weighted by molar-refractivity contribution is 6.02. The Morgan fingerprint density at radius 2 is 1.71 bits per heavy atom. The van der Waals surface area contributed by atoms with Gasteiger partial charge in [0.15, 0.2) is 18.2 Å². The van der Waals surface area contributed by atoms with Crippen molar-refractivity contribution in [1.29, 1.82) is 0 Å². The van der Waals surface area contributed by atoms with E-state index in [1.54, 1.807) is 38.1 Å². The van der Waals surface area contributed by atoms with Gasteiger partial charge in [-0.3, -0.25) is 14.4 Å². The average Bonchev–Trinajstić information content (AvgIpc) is 2.94. The van der Waals surface area contributed by atoms with Gasteiger partial charge in [0.2, 0.25) is 5.91 Å². The molecule has 2 N–H and O–H groups in total. The van der Waals surface area contributed by atoms with E-state index in [1.807, 2.05) is 6.92 Å². The molecule has 0 bridgehead atoms. The van der Waals surface area contributed by atoms with Crippen LogP contribution in [0.4, 0.5) is 5.69 Å². The molecule has 0 unspecified atom stereocenters. The standard InChI is InChI=1S/C21H24N2O5/c1-5-6-18(26)23-16-9-7-15(8-10-16)17(25)11-28-21(27)20-12(2)19(14(4)24)13(3)22-20/h7-10,22H,5-6,11H2,1-4H3,(H,23,26). The van der Waals surface area contributed by atoms with Crippen LogP contribution in [0, 0.1) is 13.8 Å². The molecule has 0 aliphatic heterocycles. The third-order valence-corrected chi connectivity index (χ3v) is 4.30. The van der Waals surface area contributed by atoms with Crippen LogP contribution in [-0.4, -0.2) is 35.0 Å². The lowest BCUT2D eigenvalue weighted by molar-refractivity contribution is -0.116. The summed E-state index contributed by atoms with van der Waals surface area (Å²) in [6.07, 6.45) is 1.18. The smallest absolute Gasteiger partial charge is 0.355 e. The Hall–Kier alpha value is -3.22. The van der Waals surface area contributed by atoms with E-state index in [1.165, 1.54) is 6.92 Å². The highest BCUT2D eigenvalue weighted by Gasteiger charge is 2.21. The van der Waals surface area contributed by atoms with Gasteiger partial charge in [-0.1, -0.05) is 6.92 Å². The minimum Gasteiger partial charge on any atom is -0.453 e. The first-order chi connectivity index (χ1) is 13.2. The van der Waals surface area contributed by atoms with Gasteiger partial charge in [0, 0.05) is 28.9 Å². The first-order valence-electron chi connectivity index (χ1n) is 9.04. The van der Waals surface area contributed by atoms with Crippen molar-refractivity contribution in [2.75, 3.05) is 11.9 Å². The number of benzene rings is 1. The molecule has 0 saturated carbocycles. The maximum absolute atomic E-state index is 12.3. The van der Waals surface area contributed by atoms with Crippen molar-refractivity contribution in [3.05, 3.63) is 52.3 Å². The Balaban J connectivity index is 1.98. The summed E-state index contributed by atoms with van der Waals surface area (Å²) in [7, 11) is 0. The molecular weight excluding hydrogens is 360 g/mol. The number of hydrogen-bond acceptors (Lipinski definition) is 5. The Morgan fingerprint density at radius 1 is 1.07 bits per heavy atom. The number of aryl methyl sites for hydroxylation is 1. The van der Waals surface area contributed by atoms with Crippen LogP contribution in [0.2, 0.25) is 0 Å². The van der Waals surface area contributed by atoms with Crippen LogP contribution in [0.5, 0.6) is 0 Å². The lowest BCUT2D eigenvalue weighted by Crippen LogP contribution is -2.15. The molecule has 7 nitrogen and oxygen atoms in total. The number of nitrogens with one attached hydrogen (secondary N) is 2. The Kier molecular flexibility index (Phi) is 6.87. The van der Waals surface area contributed by atoms with E-state index in [0.29, 0.717) is 34.5 Å². The van der Waals surface area contributed by atoms with E-state index in [-0.39, 0.29) is 23.2 Å². The SMILES string of the molecule is CCCC(=O)Nc1ccc(C(=O)COC(=O)c2[nH]c(C)c(C(C)=O)c2C)cc1. The van der Waals surface area contributed by atoms with Crippen molar-refractivity contribution < 1.29 is 23.9 Å². The maximum Gasteiger partial charge on any atom is 0.355 e. The molecule has 28 heavy (non-hydrogen) atoms. The fourth-order valence-corrected chi connectivity index (χ4v) is 2.96. The van der Waals surface area contributed by atoms with E-state index < -0.39 is 12.6 Å². The second-order valence-electron chi connectivity index (χ2n) is 6.56. The van der Waals surface area contributed by atoms with E-state index >= 15 is 0 Å². The molecule has 0 fully saturated rings. The topological polar surface area (TPSA) is 105 Å². The number of esters is 1. The molecule has 0 spiro atoms. The number of hydrogen-bond donors (Lipinski definition) is 2. The fraction of sp³-hybridized carbons (Fsp3) is 0.333. The molecule has 1 heterocycles. The molecular formula is C21H24N2O5. The van der Waals surface area contributed by atoms with Gasteiger partial charge in [0.05, 0.1) is 0 Å². The number of carbonyl (C=O) groups excluding carboxylic acids is 4. The zero-order valence-electron chi connectivity index (χ0n) is 16.5. The molecule has 0 aliphatic rings. The molecule has 0 saturated heterocycles. The Labute approximate surface area is 163 Å². The van der Waals surface area contributed by atoms with Crippen LogP contribution in [0.1, 0.15) is 69.2 Å². The number of aromatic amines is 1. The van der Waals surface area contributed by atoms with Crippen LogP contribution in [0.15, 0.2) is 24.3 Å². The average molecular weight is 384 g/mol. The molecule has 7 heteroatoms. The third-order valence-electron chi connectivity index (χ3n) is 4.30. The molecule has 1 aromatic heterocycles. The summed E-state index contributed by atoms with van der Waals surface area (Å²) in [5.41, 5.74) is 2.69.